The van der Waals surface area contributed by atoms with Gasteiger partial charge in [-0.15, -0.1) is 0 Å². The van der Waals surface area contributed by atoms with Gasteiger partial charge in [0.05, 0.1) is 11.8 Å². The largest absolute Gasteiger partial charge is 0.332 e. The minimum atomic E-state index is -1.33. The number of amides is 1. The molecule has 0 aliphatic heterocycles. The van der Waals surface area contributed by atoms with Crippen LogP contribution in [0.3, 0.4) is 0 Å². The molecule has 0 saturated carbocycles. The van der Waals surface area contributed by atoms with Gasteiger partial charge in [0.15, 0.2) is 0 Å². The van der Waals surface area contributed by atoms with Crippen molar-refractivity contribution < 1.29 is 9.18 Å². The molecule has 1 amide bonds. The smallest absolute Gasteiger partial charge is 0.279 e. The van der Waals surface area contributed by atoms with Crippen molar-refractivity contribution in [2.24, 2.45) is 7.05 Å². The highest BCUT2D eigenvalue weighted by molar-refractivity contribution is 6.31. The Labute approximate surface area is 142 Å². The molecule has 0 bridgehead atoms. The zero-order valence-electron chi connectivity index (χ0n) is 13.2. The van der Waals surface area contributed by atoms with E-state index in [1.807, 2.05) is 0 Å². The Morgan fingerprint density at radius 2 is 2.12 bits per heavy atom. The van der Waals surface area contributed by atoms with Gasteiger partial charge in [0.25, 0.3) is 11.5 Å². The van der Waals surface area contributed by atoms with Crippen LogP contribution in [0.4, 0.5) is 4.39 Å². The molecule has 0 aliphatic rings. The average Bonchev–Trinajstić information content (AvgIpc) is 2.52. The van der Waals surface area contributed by atoms with Gasteiger partial charge in [-0.25, -0.2) is 9.07 Å². The third-order valence-corrected chi connectivity index (χ3v) is 3.98. The summed E-state index contributed by atoms with van der Waals surface area (Å²) in [5, 5.41) is 15.6. The number of aromatic nitrogens is 2. The normalized spacial score (nSPS) is 11.7. The van der Waals surface area contributed by atoms with Gasteiger partial charge in [0.2, 0.25) is 0 Å². The number of carbonyl (C=O) groups excluding carboxylic acids is 1. The first-order valence-electron chi connectivity index (χ1n) is 6.96. The molecule has 0 unspecified atom stereocenters. The number of nitrogens with zero attached hydrogens (tertiary/aromatic N) is 3. The van der Waals surface area contributed by atoms with Crippen LogP contribution >= 0.6 is 11.6 Å². The molecule has 0 aliphatic carbocycles. The highest BCUT2D eigenvalue weighted by Crippen LogP contribution is 2.25. The minimum absolute atomic E-state index is 0.0115. The molecular formula is C16H14ClFN4O2. The first-order valence-corrected chi connectivity index (χ1v) is 7.34. The van der Waals surface area contributed by atoms with Gasteiger partial charge in [0, 0.05) is 17.6 Å². The summed E-state index contributed by atoms with van der Waals surface area (Å²) >= 11 is 5.93. The van der Waals surface area contributed by atoms with Gasteiger partial charge in [-0.1, -0.05) is 17.7 Å². The molecule has 8 heteroatoms. The van der Waals surface area contributed by atoms with Crippen molar-refractivity contribution in [2.45, 2.75) is 19.9 Å². The predicted octanol–water partition coefficient (Wildman–Crippen LogP) is 2.18. The van der Waals surface area contributed by atoms with Crippen molar-refractivity contribution in [3.8, 4) is 6.07 Å². The molecule has 2 aromatic rings. The van der Waals surface area contributed by atoms with E-state index in [1.54, 1.807) is 19.9 Å². The molecule has 0 radical (unpaired) electrons. The summed E-state index contributed by atoms with van der Waals surface area (Å²) < 4.78 is 15.0. The molecule has 1 N–H and O–H groups in total. The third-order valence-electron chi connectivity index (χ3n) is 3.65. The molecule has 6 nitrogen and oxygen atoms in total. The molecule has 1 atom stereocenters. The fraction of sp³-hybridized carbons (Fsp3) is 0.250. The van der Waals surface area contributed by atoms with Crippen molar-refractivity contribution in [1.82, 2.24) is 15.1 Å². The SMILES string of the molecule is Cc1nn(C)c(=O)c(C(=O)N[C@H](C#N)c2c(F)cccc2Cl)c1C. The fourth-order valence-electron chi connectivity index (χ4n) is 2.27. The lowest BCUT2D eigenvalue weighted by molar-refractivity contribution is 0.0941. The van der Waals surface area contributed by atoms with Crippen LogP contribution < -0.4 is 10.9 Å². The van der Waals surface area contributed by atoms with Gasteiger partial charge in [-0.2, -0.15) is 10.4 Å². The van der Waals surface area contributed by atoms with Crippen LogP contribution in [0.2, 0.25) is 5.02 Å². The summed E-state index contributed by atoms with van der Waals surface area (Å²) in [4.78, 5) is 24.7. The average molecular weight is 349 g/mol. The number of hydrogen-bond donors (Lipinski definition) is 1. The van der Waals surface area contributed by atoms with Crippen LogP contribution in [0.25, 0.3) is 0 Å². The van der Waals surface area contributed by atoms with Crippen molar-refractivity contribution in [3.05, 3.63) is 61.8 Å². The fourth-order valence-corrected chi connectivity index (χ4v) is 2.55. The summed E-state index contributed by atoms with van der Waals surface area (Å²) in [6.45, 7) is 3.23. The molecule has 24 heavy (non-hydrogen) atoms. The number of nitrogens with one attached hydrogen (secondary N) is 1. The number of aryl methyl sites for hydroxylation is 2. The number of carbonyl (C=O) groups is 1. The molecule has 0 fully saturated rings. The van der Waals surface area contributed by atoms with Crippen LogP contribution in [0.15, 0.2) is 23.0 Å². The Morgan fingerprint density at radius 3 is 2.71 bits per heavy atom. The number of rotatable bonds is 3. The Bertz CT molecular complexity index is 897. The van der Waals surface area contributed by atoms with E-state index < -0.39 is 23.3 Å². The van der Waals surface area contributed by atoms with Gasteiger partial charge in [-0.05, 0) is 31.5 Å². The summed E-state index contributed by atoms with van der Waals surface area (Å²) in [5.41, 5.74) is 0.00602. The van der Waals surface area contributed by atoms with Crippen molar-refractivity contribution in [2.75, 3.05) is 0 Å². The second-order valence-corrected chi connectivity index (χ2v) is 5.59. The van der Waals surface area contributed by atoms with Crippen LogP contribution in [0, 0.1) is 31.0 Å². The second-order valence-electron chi connectivity index (χ2n) is 5.19. The van der Waals surface area contributed by atoms with Gasteiger partial charge >= 0.3 is 0 Å². The van der Waals surface area contributed by atoms with Gasteiger partial charge in [0.1, 0.15) is 17.4 Å². The lowest BCUT2D eigenvalue weighted by Gasteiger charge is -2.15. The topological polar surface area (TPSA) is 87.8 Å². The zero-order valence-corrected chi connectivity index (χ0v) is 14.0. The summed E-state index contributed by atoms with van der Waals surface area (Å²) in [6.07, 6.45) is 0. The predicted molar refractivity (Wildman–Crippen MR) is 86.2 cm³/mol. The van der Waals surface area contributed by atoms with Gasteiger partial charge < -0.3 is 5.32 Å². The van der Waals surface area contributed by atoms with Crippen molar-refractivity contribution >= 4 is 17.5 Å². The standard InChI is InChI=1S/C16H14ClFN4O2/c1-8-9(2)21-22(3)16(24)13(8)15(23)20-12(7-19)14-10(17)5-4-6-11(14)18/h4-6,12H,1-3H3,(H,20,23)/t12-/m1/s1. The Kier molecular flexibility index (Phi) is 5.00. The lowest BCUT2D eigenvalue weighted by Crippen LogP contribution is -2.36. The molecule has 0 spiro atoms. The molecular weight excluding hydrogens is 335 g/mol. The molecule has 0 saturated heterocycles. The van der Waals surface area contributed by atoms with Gasteiger partial charge in [-0.3, -0.25) is 9.59 Å². The number of benzene rings is 1. The van der Waals surface area contributed by atoms with E-state index in [1.165, 1.54) is 19.2 Å². The molecule has 1 aromatic heterocycles. The summed E-state index contributed by atoms with van der Waals surface area (Å²) in [5.74, 6) is -1.51. The maximum atomic E-state index is 14.0. The first-order chi connectivity index (χ1) is 11.3. The van der Waals surface area contributed by atoms with Crippen molar-refractivity contribution in [1.29, 1.82) is 5.26 Å². The van der Waals surface area contributed by atoms with Crippen LogP contribution in [0.5, 0.6) is 0 Å². The molecule has 124 valence electrons. The van der Waals surface area contributed by atoms with E-state index in [2.05, 4.69) is 10.4 Å². The van der Waals surface area contributed by atoms with E-state index in [0.29, 0.717) is 11.3 Å². The maximum Gasteiger partial charge on any atom is 0.279 e. The monoisotopic (exact) mass is 348 g/mol. The first kappa shape index (κ1) is 17.6. The Morgan fingerprint density at radius 1 is 1.46 bits per heavy atom. The Balaban J connectivity index is 2.46. The van der Waals surface area contributed by atoms with Crippen LogP contribution in [-0.2, 0) is 7.05 Å². The van der Waals surface area contributed by atoms with E-state index in [0.717, 1.165) is 10.7 Å². The van der Waals surface area contributed by atoms with Crippen molar-refractivity contribution in [3.63, 3.8) is 0 Å². The highest BCUT2D eigenvalue weighted by atomic mass is 35.5. The van der Waals surface area contributed by atoms with E-state index in [9.17, 15) is 19.2 Å². The van der Waals surface area contributed by atoms with E-state index in [-0.39, 0.29) is 16.1 Å². The maximum absolute atomic E-state index is 14.0. The minimum Gasteiger partial charge on any atom is -0.332 e. The number of hydrogen-bond acceptors (Lipinski definition) is 4. The summed E-state index contributed by atoms with van der Waals surface area (Å²) in [7, 11) is 1.42. The van der Waals surface area contributed by atoms with Crippen LogP contribution in [-0.4, -0.2) is 15.7 Å². The molecule has 1 heterocycles. The lowest BCUT2D eigenvalue weighted by atomic mass is 10.1. The second kappa shape index (κ2) is 6.81. The highest BCUT2D eigenvalue weighted by Gasteiger charge is 2.24. The van der Waals surface area contributed by atoms with E-state index in [4.69, 9.17) is 11.6 Å². The molecule has 2 rings (SSSR count). The van der Waals surface area contributed by atoms with E-state index >= 15 is 0 Å². The number of nitriles is 1. The third kappa shape index (κ3) is 3.14. The Hall–Kier alpha value is -2.72. The zero-order chi connectivity index (χ0) is 18.0. The molecule has 1 aromatic carbocycles. The number of halogens is 2. The van der Waals surface area contributed by atoms with Crippen LogP contribution in [0.1, 0.15) is 33.2 Å². The quantitative estimate of drug-likeness (QED) is 0.920. The summed E-state index contributed by atoms with van der Waals surface area (Å²) in [6, 6.07) is 4.40.